The summed E-state index contributed by atoms with van der Waals surface area (Å²) < 4.78 is 1.79. The van der Waals surface area contributed by atoms with Gasteiger partial charge in [0.05, 0.1) is 12.1 Å². The maximum Gasteiger partial charge on any atom is 0.209 e. The number of nitrogens with zero attached hydrogens (tertiary/aromatic N) is 4. The summed E-state index contributed by atoms with van der Waals surface area (Å²) in [5.41, 5.74) is -0.630. The van der Waals surface area contributed by atoms with Gasteiger partial charge in [0.1, 0.15) is 0 Å². The van der Waals surface area contributed by atoms with E-state index in [1.165, 1.54) is 0 Å². The van der Waals surface area contributed by atoms with Crippen LogP contribution in [0, 0.1) is 0 Å². The van der Waals surface area contributed by atoms with E-state index in [1.807, 2.05) is 13.8 Å². The Bertz CT molecular complexity index is 323. The van der Waals surface area contributed by atoms with Gasteiger partial charge in [-0.15, -0.1) is 5.10 Å². The number of hydrogen-bond acceptors (Lipinski definition) is 6. The van der Waals surface area contributed by atoms with Crippen molar-refractivity contribution < 1.29 is 5.11 Å². The summed E-state index contributed by atoms with van der Waals surface area (Å²) >= 11 is 1.58. The van der Waals surface area contributed by atoms with E-state index in [0.29, 0.717) is 0 Å². The van der Waals surface area contributed by atoms with E-state index in [9.17, 15) is 5.11 Å². The van der Waals surface area contributed by atoms with Crippen molar-refractivity contribution in [2.75, 3.05) is 18.8 Å². The van der Waals surface area contributed by atoms with Crippen molar-refractivity contribution in [3.8, 4) is 0 Å². The van der Waals surface area contributed by atoms with Crippen LogP contribution in [0.1, 0.15) is 27.2 Å². The minimum Gasteiger partial charge on any atom is -0.390 e. The summed E-state index contributed by atoms with van der Waals surface area (Å²) in [5.74, 6) is 0.811. The van der Waals surface area contributed by atoms with Crippen LogP contribution in [0.3, 0.4) is 0 Å². The zero-order valence-electron chi connectivity index (χ0n) is 10.7. The lowest BCUT2D eigenvalue weighted by atomic mass is 10.1. The molecule has 17 heavy (non-hydrogen) atoms. The number of thioether (sulfide) groups is 1. The average molecular weight is 259 g/mol. The molecule has 0 amide bonds. The molecule has 1 aromatic rings. The van der Waals surface area contributed by atoms with Gasteiger partial charge in [-0.25, -0.2) is 4.68 Å². The van der Waals surface area contributed by atoms with Gasteiger partial charge in [0.25, 0.3) is 0 Å². The van der Waals surface area contributed by atoms with Crippen LogP contribution in [-0.2, 0) is 6.54 Å². The third kappa shape index (κ3) is 5.99. The Hall–Kier alpha value is -0.660. The van der Waals surface area contributed by atoms with E-state index < -0.39 is 5.60 Å². The Morgan fingerprint density at radius 3 is 2.88 bits per heavy atom. The van der Waals surface area contributed by atoms with E-state index >= 15 is 0 Å². The molecule has 1 aromatic heterocycles. The molecule has 1 heterocycles. The SMILES string of the molecule is CCNCCn1nnnc1SCCC(C)(C)O. The summed E-state index contributed by atoms with van der Waals surface area (Å²) in [5, 5.41) is 25.2. The topological polar surface area (TPSA) is 75.9 Å². The molecule has 0 radical (unpaired) electrons. The van der Waals surface area contributed by atoms with Crippen molar-refractivity contribution >= 4 is 11.8 Å². The monoisotopic (exact) mass is 259 g/mol. The first-order valence-corrected chi connectivity index (χ1v) is 6.83. The number of nitrogens with one attached hydrogen (secondary N) is 1. The number of likely N-dealkylation sites (N-methyl/N-ethyl adjacent to an activating group) is 1. The molecule has 0 aliphatic heterocycles. The molecule has 0 aliphatic carbocycles. The average Bonchev–Trinajstić information content (AvgIpc) is 2.64. The second-order valence-electron chi connectivity index (χ2n) is 4.45. The first-order valence-electron chi connectivity index (χ1n) is 5.85. The molecule has 0 saturated heterocycles. The highest BCUT2D eigenvalue weighted by atomic mass is 32.2. The fourth-order valence-corrected chi connectivity index (χ4v) is 2.35. The zero-order chi connectivity index (χ0) is 12.7. The first kappa shape index (κ1) is 14.4. The van der Waals surface area contributed by atoms with Crippen molar-refractivity contribution in [2.45, 2.75) is 44.5 Å². The third-order valence-electron chi connectivity index (χ3n) is 2.19. The lowest BCUT2D eigenvalue weighted by molar-refractivity contribution is 0.0777. The second-order valence-corrected chi connectivity index (χ2v) is 5.51. The lowest BCUT2D eigenvalue weighted by Crippen LogP contribution is -2.21. The normalized spacial score (nSPS) is 12.0. The molecule has 0 unspecified atom stereocenters. The molecule has 2 N–H and O–H groups in total. The number of hydrogen-bond donors (Lipinski definition) is 2. The van der Waals surface area contributed by atoms with Gasteiger partial charge < -0.3 is 10.4 Å². The summed E-state index contributed by atoms with van der Waals surface area (Å²) in [6.45, 7) is 8.26. The maximum absolute atomic E-state index is 9.61. The fourth-order valence-electron chi connectivity index (χ4n) is 1.19. The van der Waals surface area contributed by atoms with Gasteiger partial charge in [0.2, 0.25) is 5.16 Å². The summed E-state index contributed by atoms with van der Waals surface area (Å²) in [4.78, 5) is 0. The van der Waals surface area contributed by atoms with Crippen LogP contribution in [0.25, 0.3) is 0 Å². The van der Waals surface area contributed by atoms with E-state index in [-0.39, 0.29) is 0 Å². The molecule has 0 aromatic carbocycles. The molecular formula is C10H21N5OS. The van der Waals surface area contributed by atoms with Crippen LogP contribution in [0.5, 0.6) is 0 Å². The quantitative estimate of drug-likeness (QED) is 0.524. The molecule has 0 bridgehead atoms. The molecule has 7 heteroatoms. The highest BCUT2D eigenvalue weighted by molar-refractivity contribution is 7.99. The lowest BCUT2D eigenvalue weighted by Gasteiger charge is -2.15. The highest BCUT2D eigenvalue weighted by Gasteiger charge is 2.13. The van der Waals surface area contributed by atoms with Crippen molar-refractivity contribution in [1.29, 1.82) is 0 Å². The number of tetrazole rings is 1. The molecule has 0 aliphatic rings. The molecule has 0 atom stereocenters. The summed E-state index contributed by atoms with van der Waals surface area (Å²) in [6.07, 6.45) is 0.720. The van der Waals surface area contributed by atoms with Crippen molar-refractivity contribution in [3.05, 3.63) is 0 Å². The summed E-state index contributed by atoms with van der Waals surface area (Å²) in [7, 11) is 0. The molecule has 98 valence electrons. The van der Waals surface area contributed by atoms with E-state index in [0.717, 1.165) is 37.0 Å². The molecule has 1 rings (SSSR count). The highest BCUT2D eigenvalue weighted by Crippen LogP contribution is 2.18. The Balaban J connectivity index is 2.35. The third-order valence-corrected chi connectivity index (χ3v) is 3.15. The zero-order valence-corrected chi connectivity index (χ0v) is 11.5. The predicted octanol–water partition coefficient (Wildman–Crippen LogP) is 0.536. The minimum atomic E-state index is -0.630. The molecule has 0 fully saturated rings. The Morgan fingerprint density at radius 1 is 1.47 bits per heavy atom. The smallest absolute Gasteiger partial charge is 0.209 e. The van der Waals surface area contributed by atoms with Gasteiger partial charge in [-0.05, 0) is 37.2 Å². The van der Waals surface area contributed by atoms with Crippen LogP contribution >= 0.6 is 11.8 Å². The van der Waals surface area contributed by atoms with Crippen molar-refractivity contribution in [1.82, 2.24) is 25.5 Å². The second kappa shape index (κ2) is 6.93. The Kier molecular flexibility index (Phi) is 5.87. The number of aliphatic hydroxyl groups is 1. The van der Waals surface area contributed by atoms with Gasteiger partial charge in [0.15, 0.2) is 0 Å². The van der Waals surface area contributed by atoms with Gasteiger partial charge >= 0.3 is 0 Å². The van der Waals surface area contributed by atoms with Crippen LogP contribution in [0.15, 0.2) is 5.16 Å². The molecular weight excluding hydrogens is 238 g/mol. The maximum atomic E-state index is 9.61. The fraction of sp³-hybridized carbons (Fsp3) is 0.900. The number of aromatic nitrogens is 4. The standard InChI is InChI=1S/C10H21N5OS/c1-4-11-6-7-15-9(12-13-14-15)17-8-5-10(2,3)16/h11,16H,4-8H2,1-3H3. The van der Waals surface area contributed by atoms with Gasteiger partial charge in [-0.2, -0.15) is 0 Å². The number of rotatable bonds is 8. The molecule has 0 spiro atoms. The van der Waals surface area contributed by atoms with Crippen LogP contribution in [0.2, 0.25) is 0 Å². The van der Waals surface area contributed by atoms with E-state index in [4.69, 9.17) is 0 Å². The minimum absolute atomic E-state index is 0.630. The van der Waals surface area contributed by atoms with Crippen LogP contribution < -0.4 is 5.32 Å². The summed E-state index contributed by atoms with van der Waals surface area (Å²) in [6, 6.07) is 0. The van der Waals surface area contributed by atoms with E-state index in [1.54, 1.807) is 16.4 Å². The van der Waals surface area contributed by atoms with E-state index in [2.05, 4.69) is 27.8 Å². The largest absolute Gasteiger partial charge is 0.390 e. The van der Waals surface area contributed by atoms with Crippen molar-refractivity contribution in [2.24, 2.45) is 0 Å². The van der Waals surface area contributed by atoms with Gasteiger partial charge in [-0.3, -0.25) is 0 Å². The predicted molar refractivity (Wildman–Crippen MR) is 68.0 cm³/mol. The van der Waals surface area contributed by atoms with Gasteiger partial charge in [-0.1, -0.05) is 18.7 Å². The van der Waals surface area contributed by atoms with Crippen LogP contribution in [-0.4, -0.2) is 49.8 Å². The van der Waals surface area contributed by atoms with Gasteiger partial charge in [0, 0.05) is 12.3 Å². The Morgan fingerprint density at radius 2 is 2.24 bits per heavy atom. The molecule has 0 saturated carbocycles. The van der Waals surface area contributed by atoms with Crippen LogP contribution in [0.4, 0.5) is 0 Å². The molecule has 6 nitrogen and oxygen atoms in total. The Labute approximate surface area is 106 Å². The van der Waals surface area contributed by atoms with Crippen molar-refractivity contribution in [3.63, 3.8) is 0 Å². The first-order chi connectivity index (χ1) is 8.03.